The fourth-order valence-corrected chi connectivity index (χ4v) is 4.45. The minimum Gasteiger partial charge on any atom is -0.452 e. The summed E-state index contributed by atoms with van der Waals surface area (Å²) in [6, 6.07) is 6.02. The molecule has 8 heteroatoms. The van der Waals surface area contributed by atoms with Gasteiger partial charge in [0, 0.05) is 24.9 Å². The Morgan fingerprint density at radius 2 is 1.81 bits per heavy atom. The molecule has 0 atom stereocenters. The summed E-state index contributed by atoms with van der Waals surface area (Å²) in [4.78, 5) is 23.2. The van der Waals surface area contributed by atoms with Crippen molar-refractivity contribution in [3.63, 3.8) is 0 Å². The quantitative estimate of drug-likeness (QED) is 0.567. The number of carbonyl (C=O) groups excluding carboxylic acids is 2. The third-order valence-electron chi connectivity index (χ3n) is 4.55. The normalized spacial score (nSPS) is 15.8. The van der Waals surface area contributed by atoms with Crippen molar-refractivity contribution >= 4 is 27.6 Å². The van der Waals surface area contributed by atoms with Gasteiger partial charge >= 0.3 is 5.97 Å². The molecule has 0 aromatic heterocycles. The van der Waals surface area contributed by atoms with Gasteiger partial charge < -0.3 is 10.1 Å². The molecule has 0 unspecified atom stereocenters. The van der Waals surface area contributed by atoms with Crippen LogP contribution in [0.2, 0.25) is 0 Å². The van der Waals surface area contributed by atoms with Crippen molar-refractivity contribution in [2.75, 3.05) is 19.0 Å². The van der Waals surface area contributed by atoms with Crippen LogP contribution in [0.1, 0.15) is 39.0 Å². The number of sulfonamides is 1. The van der Waals surface area contributed by atoms with E-state index in [-0.39, 0.29) is 10.9 Å². The zero-order valence-corrected chi connectivity index (χ0v) is 16.5. The van der Waals surface area contributed by atoms with Gasteiger partial charge in [-0.05, 0) is 44.0 Å². The number of amides is 1. The Morgan fingerprint density at radius 3 is 2.41 bits per heavy atom. The van der Waals surface area contributed by atoms with Gasteiger partial charge in [-0.1, -0.05) is 25.3 Å². The van der Waals surface area contributed by atoms with Gasteiger partial charge in [0.1, 0.15) is 0 Å². The van der Waals surface area contributed by atoms with Crippen molar-refractivity contribution in [1.82, 2.24) is 4.31 Å². The molecule has 148 valence electrons. The smallest absolute Gasteiger partial charge is 0.330 e. The Bertz CT molecular complexity index is 781. The number of anilines is 1. The van der Waals surface area contributed by atoms with Crippen molar-refractivity contribution in [2.24, 2.45) is 0 Å². The van der Waals surface area contributed by atoms with Gasteiger partial charge in [0.15, 0.2) is 6.61 Å². The van der Waals surface area contributed by atoms with Crippen LogP contribution in [0.4, 0.5) is 5.69 Å². The van der Waals surface area contributed by atoms with Crippen molar-refractivity contribution in [2.45, 2.75) is 50.0 Å². The zero-order valence-electron chi connectivity index (χ0n) is 15.7. The van der Waals surface area contributed by atoms with Gasteiger partial charge in [0.2, 0.25) is 10.0 Å². The predicted octanol–water partition coefficient (Wildman–Crippen LogP) is 2.70. The Labute approximate surface area is 160 Å². The van der Waals surface area contributed by atoms with E-state index in [2.05, 4.69) is 5.32 Å². The second-order valence-electron chi connectivity index (χ2n) is 6.49. The second kappa shape index (κ2) is 9.66. The first-order valence-electron chi connectivity index (χ1n) is 9.02. The summed E-state index contributed by atoms with van der Waals surface area (Å²) in [6.07, 6.45) is 7.76. The fourth-order valence-electron chi connectivity index (χ4n) is 3.04. The van der Waals surface area contributed by atoms with E-state index in [0.29, 0.717) is 5.69 Å². The highest BCUT2D eigenvalue weighted by molar-refractivity contribution is 7.89. The first kappa shape index (κ1) is 21.1. The Balaban J connectivity index is 1.97. The number of hydrogen-bond acceptors (Lipinski definition) is 5. The molecule has 1 aliphatic rings. The molecule has 0 bridgehead atoms. The van der Waals surface area contributed by atoms with Crippen molar-refractivity contribution in [3.8, 4) is 0 Å². The number of benzene rings is 1. The highest BCUT2D eigenvalue weighted by atomic mass is 32.2. The van der Waals surface area contributed by atoms with E-state index in [4.69, 9.17) is 4.74 Å². The summed E-state index contributed by atoms with van der Waals surface area (Å²) in [7, 11) is -1.94. The molecule has 1 aliphatic carbocycles. The number of carbonyl (C=O) groups is 2. The highest BCUT2D eigenvalue weighted by Gasteiger charge is 2.28. The molecule has 27 heavy (non-hydrogen) atoms. The number of nitrogens with zero attached hydrogens (tertiary/aromatic N) is 1. The lowest BCUT2D eigenvalue weighted by Crippen LogP contribution is -2.38. The number of nitrogens with one attached hydrogen (secondary N) is 1. The molecule has 2 rings (SSSR count). The van der Waals surface area contributed by atoms with Crippen molar-refractivity contribution in [3.05, 3.63) is 36.4 Å². The molecule has 0 radical (unpaired) electrons. The third kappa shape index (κ3) is 5.90. The maximum atomic E-state index is 12.8. The average Bonchev–Trinajstić information content (AvgIpc) is 2.67. The second-order valence-corrected chi connectivity index (χ2v) is 8.49. The highest BCUT2D eigenvalue weighted by Crippen LogP contribution is 2.26. The van der Waals surface area contributed by atoms with Gasteiger partial charge in [0.05, 0.1) is 4.90 Å². The minimum absolute atomic E-state index is 0.0370. The summed E-state index contributed by atoms with van der Waals surface area (Å²) in [6.45, 7) is 1.26. The number of ether oxygens (including phenoxy) is 1. The monoisotopic (exact) mass is 394 g/mol. The molecular formula is C19H26N2O5S. The van der Waals surface area contributed by atoms with Crippen LogP contribution in [-0.2, 0) is 24.3 Å². The minimum atomic E-state index is -3.57. The van der Waals surface area contributed by atoms with E-state index in [1.54, 1.807) is 14.0 Å². The summed E-state index contributed by atoms with van der Waals surface area (Å²) >= 11 is 0. The first-order chi connectivity index (χ1) is 12.8. The molecule has 1 fully saturated rings. The summed E-state index contributed by atoms with van der Waals surface area (Å²) in [5.74, 6) is -1.09. The Kier molecular flexibility index (Phi) is 7.55. The lowest BCUT2D eigenvalue weighted by Gasteiger charge is -2.30. The van der Waals surface area contributed by atoms with Crippen molar-refractivity contribution in [1.29, 1.82) is 0 Å². The first-order valence-corrected chi connectivity index (χ1v) is 10.5. The molecule has 1 amide bonds. The van der Waals surface area contributed by atoms with E-state index >= 15 is 0 Å². The maximum absolute atomic E-state index is 12.8. The van der Waals surface area contributed by atoms with E-state index in [0.717, 1.165) is 32.1 Å². The van der Waals surface area contributed by atoms with E-state index in [1.165, 1.54) is 40.7 Å². The molecule has 0 heterocycles. The summed E-state index contributed by atoms with van der Waals surface area (Å²) < 4.78 is 31.8. The van der Waals surface area contributed by atoms with Crippen LogP contribution in [0, 0.1) is 0 Å². The third-order valence-corrected chi connectivity index (χ3v) is 6.48. The van der Waals surface area contributed by atoms with Gasteiger partial charge in [-0.15, -0.1) is 0 Å². The molecule has 1 aromatic rings. The lowest BCUT2D eigenvalue weighted by atomic mass is 9.96. The SMILES string of the molecule is C/C=C/C(=O)OCC(=O)Nc1ccc(S(=O)(=O)N(C)C2CCCCC2)cc1. The van der Waals surface area contributed by atoms with Crippen LogP contribution in [0.3, 0.4) is 0 Å². The molecule has 0 saturated heterocycles. The van der Waals surface area contributed by atoms with Crippen LogP contribution in [0.5, 0.6) is 0 Å². The number of esters is 1. The average molecular weight is 394 g/mol. The van der Waals surface area contributed by atoms with Crippen LogP contribution in [0.15, 0.2) is 41.3 Å². The predicted molar refractivity (Wildman–Crippen MR) is 103 cm³/mol. The largest absolute Gasteiger partial charge is 0.452 e. The van der Waals surface area contributed by atoms with Gasteiger partial charge in [-0.25, -0.2) is 13.2 Å². The summed E-state index contributed by atoms with van der Waals surface area (Å²) in [5, 5.41) is 2.56. The number of allylic oxidation sites excluding steroid dienone is 1. The van der Waals surface area contributed by atoms with Crippen LogP contribution >= 0.6 is 0 Å². The van der Waals surface area contributed by atoms with Crippen LogP contribution < -0.4 is 5.32 Å². The van der Waals surface area contributed by atoms with Crippen molar-refractivity contribution < 1.29 is 22.7 Å². The maximum Gasteiger partial charge on any atom is 0.330 e. The van der Waals surface area contributed by atoms with E-state index in [1.807, 2.05) is 0 Å². The molecular weight excluding hydrogens is 368 g/mol. The molecule has 1 saturated carbocycles. The fraction of sp³-hybridized carbons (Fsp3) is 0.474. The number of hydrogen-bond donors (Lipinski definition) is 1. The summed E-state index contributed by atoms with van der Waals surface area (Å²) in [5.41, 5.74) is 0.432. The Hall–Kier alpha value is -2.19. The molecule has 0 aliphatic heterocycles. The van der Waals surface area contributed by atoms with E-state index < -0.39 is 28.5 Å². The lowest BCUT2D eigenvalue weighted by molar-refractivity contribution is -0.142. The van der Waals surface area contributed by atoms with Crippen LogP contribution in [-0.4, -0.2) is 44.3 Å². The zero-order chi connectivity index (χ0) is 19.9. The van der Waals surface area contributed by atoms with Gasteiger partial charge in [0.25, 0.3) is 5.91 Å². The van der Waals surface area contributed by atoms with E-state index in [9.17, 15) is 18.0 Å². The van der Waals surface area contributed by atoms with Crippen LogP contribution in [0.25, 0.3) is 0 Å². The Morgan fingerprint density at radius 1 is 1.19 bits per heavy atom. The van der Waals surface area contributed by atoms with Gasteiger partial charge in [-0.3, -0.25) is 4.79 Å². The molecule has 0 spiro atoms. The number of rotatable bonds is 7. The van der Waals surface area contributed by atoms with Gasteiger partial charge in [-0.2, -0.15) is 4.31 Å². The standard InChI is InChI=1S/C19H26N2O5S/c1-3-7-19(23)26-14-18(22)20-15-10-12-17(13-11-15)27(24,25)21(2)16-8-5-4-6-9-16/h3,7,10-13,16H,4-6,8-9,14H2,1-2H3,(H,20,22)/b7-3+. The molecule has 7 nitrogen and oxygen atoms in total. The molecule has 1 N–H and O–H groups in total. The topological polar surface area (TPSA) is 92.8 Å². The molecule has 1 aromatic carbocycles.